The van der Waals surface area contributed by atoms with Crippen molar-refractivity contribution in [3.63, 3.8) is 0 Å². The van der Waals surface area contributed by atoms with E-state index in [0.717, 1.165) is 28.2 Å². The molecule has 2 aliphatic rings. The molecule has 2 aliphatic heterocycles. The molecule has 0 unspecified atom stereocenters. The summed E-state index contributed by atoms with van der Waals surface area (Å²) in [5, 5.41) is 7.60. The van der Waals surface area contributed by atoms with E-state index in [-0.39, 0.29) is 32.1 Å². The first-order valence-electron chi connectivity index (χ1n) is 23.3. The van der Waals surface area contributed by atoms with Crippen LogP contribution in [0.1, 0.15) is 84.2 Å². The van der Waals surface area contributed by atoms with Gasteiger partial charge in [-0.15, -0.1) is 0 Å². The van der Waals surface area contributed by atoms with Crippen LogP contribution >= 0.6 is 23.2 Å². The second kappa shape index (κ2) is 22.2. The van der Waals surface area contributed by atoms with Gasteiger partial charge >= 0.3 is 12.1 Å². The molecule has 0 saturated carbocycles. The molecule has 4 atom stereocenters. The maximum absolute atomic E-state index is 14.7. The van der Waals surface area contributed by atoms with Gasteiger partial charge in [0.15, 0.2) is 0 Å². The van der Waals surface area contributed by atoms with Crippen molar-refractivity contribution in [1.29, 1.82) is 0 Å². The van der Waals surface area contributed by atoms with Gasteiger partial charge in [0.05, 0.1) is 36.6 Å². The number of carbonyl (C=O) groups excluding carboxylic acids is 3. The number of likely N-dealkylation sites (tertiary alicyclic amines) is 1. The number of esters is 1. The standard InChI is InChI=1S/C51H66Cl2F3N7O6/c1-33(57-27-37-13-18-39(53)24-43(37)68-40-19-14-36(15-20-40)41-28-58-44(61(41)9)30-60(7)8)47(66)63-42(31-67-49(63,5)6)46(65)59-50(25-34-11-16-38(52)17-12-34)21-10-22-62(32-50)29-35(26-51(54,55)56)23-45(64)69-48(2,3)4/h11-20,24,28,33,35,42,57H,10,21-23,25-27,29-32H2,1-9H3,(H,59,65)/t33-,35-,42-,50+/m0/s1. The fourth-order valence-corrected chi connectivity index (χ4v) is 9.52. The van der Waals surface area contributed by atoms with Gasteiger partial charge in [-0.3, -0.25) is 19.3 Å². The van der Waals surface area contributed by atoms with Crippen molar-refractivity contribution < 1.29 is 41.8 Å². The predicted octanol–water partition coefficient (Wildman–Crippen LogP) is 9.18. The van der Waals surface area contributed by atoms with Crippen LogP contribution in [-0.4, -0.2) is 117 Å². The van der Waals surface area contributed by atoms with Crippen LogP contribution in [0.2, 0.25) is 10.0 Å². The Morgan fingerprint density at radius 3 is 2.33 bits per heavy atom. The zero-order valence-electron chi connectivity index (χ0n) is 41.0. The normalized spacial score (nSPS) is 19.6. The average Bonchev–Trinajstić information content (AvgIpc) is 3.76. The number of amides is 2. The molecule has 1 aromatic heterocycles. The van der Waals surface area contributed by atoms with E-state index in [4.69, 9.17) is 37.4 Å². The molecule has 0 bridgehead atoms. The van der Waals surface area contributed by atoms with Gasteiger partial charge in [0.1, 0.15) is 34.7 Å². The van der Waals surface area contributed by atoms with E-state index in [2.05, 4.69) is 25.1 Å². The number of ether oxygens (including phenoxy) is 3. The van der Waals surface area contributed by atoms with Gasteiger partial charge in [-0.05, 0) is 141 Å². The van der Waals surface area contributed by atoms with Crippen molar-refractivity contribution in [3.05, 3.63) is 99.9 Å². The molecule has 2 amide bonds. The molecule has 18 heteroatoms. The van der Waals surface area contributed by atoms with Gasteiger partial charge in [-0.25, -0.2) is 4.98 Å². The van der Waals surface area contributed by atoms with E-state index < -0.39 is 65.8 Å². The van der Waals surface area contributed by atoms with Crippen LogP contribution in [0.5, 0.6) is 11.5 Å². The highest BCUT2D eigenvalue weighted by atomic mass is 35.5. The number of piperidine rings is 1. The number of alkyl halides is 3. The fourth-order valence-electron chi connectivity index (χ4n) is 9.23. The van der Waals surface area contributed by atoms with Gasteiger partial charge < -0.3 is 39.2 Å². The molecule has 13 nitrogen and oxygen atoms in total. The van der Waals surface area contributed by atoms with Crippen molar-refractivity contribution in [2.24, 2.45) is 13.0 Å². The molecular formula is C51H66Cl2F3N7O6. The molecule has 69 heavy (non-hydrogen) atoms. The molecule has 6 rings (SSSR count). The highest BCUT2D eigenvalue weighted by molar-refractivity contribution is 6.31. The van der Waals surface area contributed by atoms with E-state index in [1.807, 2.05) is 74.7 Å². The number of imidazole rings is 1. The third-order valence-corrected chi connectivity index (χ3v) is 12.8. The zero-order valence-corrected chi connectivity index (χ0v) is 42.5. The topological polar surface area (TPSA) is 130 Å². The molecule has 2 saturated heterocycles. The van der Waals surface area contributed by atoms with Crippen LogP contribution in [0.4, 0.5) is 13.2 Å². The molecule has 4 aromatic rings. The zero-order chi connectivity index (χ0) is 50.5. The van der Waals surface area contributed by atoms with Gasteiger partial charge in [-0.1, -0.05) is 41.4 Å². The van der Waals surface area contributed by atoms with Crippen molar-refractivity contribution in [2.75, 3.05) is 40.3 Å². The summed E-state index contributed by atoms with van der Waals surface area (Å²) in [4.78, 5) is 52.0. The number of hydrogen-bond donors (Lipinski definition) is 2. The molecule has 0 radical (unpaired) electrons. The Labute approximate surface area is 413 Å². The molecule has 0 spiro atoms. The van der Waals surface area contributed by atoms with Crippen molar-refractivity contribution in [3.8, 4) is 22.8 Å². The lowest BCUT2D eigenvalue weighted by Gasteiger charge is -2.45. The number of nitrogens with zero attached hydrogens (tertiary/aromatic N) is 5. The smallest absolute Gasteiger partial charge is 0.389 e. The summed E-state index contributed by atoms with van der Waals surface area (Å²) >= 11 is 12.7. The second-order valence-electron chi connectivity index (χ2n) is 20.2. The molecule has 2 fully saturated rings. The SMILES string of the molecule is C[C@H](NCc1ccc(Cl)cc1Oc1ccc(-c2cnc(CN(C)C)n2C)cc1)C(=O)N1[C@H](C(=O)N[C@@]2(Cc3ccc(Cl)cc3)CCCN(C[C@@H](CC(=O)OC(C)(C)C)CC(F)(F)F)C2)COC1(C)C. The van der Waals surface area contributed by atoms with E-state index in [1.165, 1.54) is 4.90 Å². The van der Waals surface area contributed by atoms with Crippen LogP contribution in [-0.2, 0) is 50.4 Å². The van der Waals surface area contributed by atoms with Gasteiger partial charge in [0.2, 0.25) is 11.8 Å². The maximum atomic E-state index is 14.7. The third kappa shape index (κ3) is 14.9. The van der Waals surface area contributed by atoms with Crippen LogP contribution < -0.4 is 15.4 Å². The number of halogens is 5. The Morgan fingerprint density at radius 2 is 1.68 bits per heavy atom. The van der Waals surface area contributed by atoms with Crippen LogP contribution in [0.25, 0.3) is 11.3 Å². The van der Waals surface area contributed by atoms with E-state index >= 15 is 0 Å². The van der Waals surface area contributed by atoms with Crippen molar-refractivity contribution in [1.82, 2.24) is 34.9 Å². The molecular weight excluding hydrogens is 935 g/mol. The summed E-state index contributed by atoms with van der Waals surface area (Å²) < 4.78 is 61.7. The average molecular weight is 1000 g/mol. The van der Waals surface area contributed by atoms with Gasteiger partial charge in [0, 0.05) is 60.7 Å². The predicted molar refractivity (Wildman–Crippen MR) is 261 cm³/mol. The minimum absolute atomic E-state index is 0.0404. The van der Waals surface area contributed by atoms with Crippen LogP contribution in [0.15, 0.2) is 72.9 Å². The summed E-state index contributed by atoms with van der Waals surface area (Å²) in [6, 6.07) is 18.4. The quantitative estimate of drug-likeness (QED) is 0.0932. The van der Waals surface area contributed by atoms with E-state index in [1.54, 1.807) is 65.8 Å². The minimum Gasteiger partial charge on any atom is -0.460 e. The Kier molecular flexibility index (Phi) is 17.2. The maximum Gasteiger partial charge on any atom is 0.389 e. The number of benzene rings is 3. The minimum atomic E-state index is -4.51. The number of hydrogen-bond acceptors (Lipinski definition) is 10. The summed E-state index contributed by atoms with van der Waals surface area (Å²) in [6.07, 6.45) is -2.83. The number of aromatic nitrogens is 2. The second-order valence-corrected chi connectivity index (χ2v) is 21.1. The van der Waals surface area contributed by atoms with Gasteiger partial charge in [0.25, 0.3) is 0 Å². The first-order chi connectivity index (χ1) is 32.3. The summed E-state index contributed by atoms with van der Waals surface area (Å²) in [6.45, 7) is 11.7. The lowest BCUT2D eigenvalue weighted by Crippen LogP contribution is -2.65. The Hall–Kier alpha value is -4.71. The number of carbonyl (C=O) groups is 3. The highest BCUT2D eigenvalue weighted by Gasteiger charge is 2.50. The Balaban J connectivity index is 1.16. The lowest BCUT2D eigenvalue weighted by atomic mass is 9.82. The van der Waals surface area contributed by atoms with E-state index in [9.17, 15) is 27.6 Å². The summed E-state index contributed by atoms with van der Waals surface area (Å²) in [5.74, 6) is -0.567. The van der Waals surface area contributed by atoms with Crippen LogP contribution in [0.3, 0.4) is 0 Å². The van der Waals surface area contributed by atoms with Crippen LogP contribution in [0, 0.1) is 5.92 Å². The first-order valence-corrected chi connectivity index (χ1v) is 24.0. The summed E-state index contributed by atoms with van der Waals surface area (Å²) in [5.41, 5.74) is 0.578. The largest absolute Gasteiger partial charge is 0.460 e. The lowest BCUT2D eigenvalue weighted by molar-refractivity contribution is -0.162. The number of rotatable bonds is 18. The summed E-state index contributed by atoms with van der Waals surface area (Å²) in [7, 11) is 5.99. The fraction of sp³-hybridized carbons (Fsp3) is 0.529. The molecule has 2 N–H and O–H groups in total. The Morgan fingerprint density at radius 1 is 1.00 bits per heavy atom. The molecule has 376 valence electrons. The van der Waals surface area contributed by atoms with Gasteiger partial charge in [-0.2, -0.15) is 13.2 Å². The molecule has 3 heterocycles. The monoisotopic (exact) mass is 999 g/mol. The third-order valence-electron chi connectivity index (χ3n) is 12.4. The molecule has 0 aliphatic carbocycles. The van der Waals surface area contributed by atoms with Crippen molar-refractivity contribution in [2.45, 2.75) is 122 Å². The van der Waals surface area contributed by atoms with Crippen molar-refractivity contribution >= 4 is 41.0 Å². The molecule has 3 aromatic carbocycles. The first kappa shape index (κ1) is 53.6. The Bertz CT molecular complexity index is 2410. The number of nitrogens with one attached hydrogen (secondary N) is 2. The highest BCUT2D eigenvalue weighted by Crippen LogP contribution is 2.35. The van der Waals surface area contributed by atoms with E-state index in [0.29, 0.717) is 53.9 Å².